The van der Waals surface area contributed by atoms with Crippen LogP contribution < -0.4 is 15.4 Å². The maximum absolute atomic E-state index is 13.3. The van der Waals surface area contributed by atoms with Crippen LogP contribution in [-0.2, 0) is 19.4 Å². The minimum Gasteiger partial charge on any atom is -0.472 e. The summed E-state index contributed by atoms with van der Waals surface area (Å²) in [6, 6.07) is 18.4. The summed E-state index contributed by atoms with van der Waals surface area (Å²) in [6.07, 6.45) is 3.14. The lowest BCUT2D eigenvalue weighted by molar-refractivity contribution is -0.129. The topological polar surface area (TPSA) is 138 Å². The molecule has 9 nitrogen and oxygen atoms in total. The molecular weight excluding hydrogens is 540 g/mol. The van der Waals surface area contributed by atoms with Crippen LogP contribution in [0.25, 0.3) is 22.0 Å². The van der Waals surface area contributed by atoms with Crippen LogP contribution in [0, 0.1) is 17.2 Å². The van der Waals surface area contributed by atoms with Crippen LogP contribution in [0.1, 0.15) is 31.2 Å². The summed E-state index contributed by atoms with van der Waals surface area (Å²) in [4.78, 5) is 31.2. The number of benzene rings is 2. The number of sulfone groups is 1. The second-order valence-corrected chi connectivity index (χ2v) is 13.4. The SMILES string of the molecule is C=C[C@@H]1C[C@]1(NC(=O)C1C[C@@H](Oc2nc(-c3ccc(C#N)cc3)cc3ccccc23)CN1)C(=O)CS(=O)(=O)C1CC1. The van der Waals surface area contributed by atoms with E-state index in [1.165, 1.54) is 0 Å². The lowest BCUT2D eigenvalue weighted by Gasteiger charge is -2.20. The summed E-state index contributed by atoms with van der Waals surface area (Å²) in [5, 5.41) is 16.5. The van der Waals surface area contributed by atoms with Gasteiger partial charge in [-0.25, -0.2) is 13.4 Å². The third-order valence-corrected chi connectivity index (χ3v) is 10.4. The van der Waals surface area contributed by atoms with Crippen molar-refractivity contribution in [3.8, 4) is 23.2 Å². The zero-order valence-corrected chi connectivity index (χ0v) is 23.2. The predicted octanol–water partition coefficient (Wildman–Crippen LogP) is 3.09. The van der Waals surface area contributed by atoms with Crippen LogP contribution >= 0.6 is 0 Å². The van der Waals surface area contributed by atoms with Crippen molar-refractivity contribution in [1.82, 2.24) is 15.6 Å². The molecule has 1 saturated heterocycles. The van der Waals surface area contributed by atoms with Crippen molar-refractivity contribution >= 4 is 32.3 Å². The molecule has 3 aliphatic rings. The van der Waals surface area contributed by atoms with Gasteiger partial charge in [0.15, 0.2) is 15.6 Å². The quantitative estimate of drug-likeness (QED) is 0.355. The predicted molar refractivity (Wildman–Crippen MR) is 154 cm³/mol. The number of carbonyl (C=O) groups is 2. The van der Waals surface area contributed by atoms with Crippen molar-refractivity contribution < 1.29 is 22.7 Å². The molecule has 2 N–H and O–H groups in total. The van der Waals surface area contributed by atoms with E-state index in [2.05, 4.69) is 23.3 Å². The highest BCUT2D eigenvalue weighted by molar-refractivity contribution is 7.93. The number of aromatic nitrogens is 1. The van der Waals surface area contributed by atoms with Gasteiger partial charge < -0.3 is 15.4 Å². The molecule has 1 unspecified atom stereocenters. The number of nitrogens with one attached hydrogen (secondary N) is 2. The Bertz CT molecular complexity index is 1690. The zero-order chi connectivity index (χ0) is 28.8. The standard InChI is InChI=1S/C31H30N4O5S/c1-2-22-15-31(22,28(36)18-41(38,39)24-11-12-24)35-29(37)27-14-23(17-33-27)40-30-25-6-4-3-5-21(25)13-26(34-30)20-9-7-19(16-32)8-10-20/h2-10,13,22-24,27,33H,1,11-12,14-15,17-18H2,(H,35,37)/t22-,23-,27?,31-/m1/s1. The molecule has 210 valence electrons. The van der Waals surface area contributed by atoms with Gasteiger partial charge in [0.25, 0.3) is 0 Å². The van der Waals surface area contributed by atoms with Gasteiger partial charge in [0.1, 0.15) is 17.4 Å². The van der Waals surface area contributed by atoms with E-state index in [1.807, 2.05) is 42.5 Å². The van der Waals surface area contributed by atoms with Crippen molar-refractivity contribution in [3.05, 3.63) is 72.8 Å². The number of ketones is 1. The smallest absolute Gasteiger partial charge is 0.238 e. The van der Waals surface area contributed by atoms with E-state index < -0.39 is 38.2 Å². The molecular formula is C31H30N4O5S. The molecule has 0 spiro atoms. The average molecular weight is 571 g/mol. The molecule has 1 amide bonds. The summed E-state index contributed by atoms with van der Waals surface area (Å²) in [6.45, 7) is 4.16. The van der Waals surface area contributed by atoms with Gasteiger partial charge in [-0.05, 0) is 48.9 Å². The number of Topliss-reactive ketones (excluding diaryl/α,β-unsaturated/α-hetero) is 1. The first-order valence-corrected chi connectivity index (χ1v) is 15.4. The first kappa shape index (κ1) is 27.1. The maximum Gasteiger partial charge on any atom is 0.238 e. The van der Waals surface area contributed by atoms with Gasteiger partial charge in [-0.15, -0.1) is 6.58 Å². The summed E-state index contributed by atoms with van der Waals surface area (Å²) in [5.41, 5.74) is 0.899. The number of hydrogen-bond acceptors (Lipinski definition) is 8. The first-order valence-electron chi connectivity index (χ1n) is 13.7. The van der Waals surface area contributed by atoms with E-state index in [-0.39, 0.29) is 17.9 Å². The van der Waals surface area contributed by atoms with Gasteiger partial charge >= 0.3 is 0 Å². The fourth-order valence-corrected chi connectivity index (χ4v) is 7.25. The summed E-state index contributed by atoms with van der Waals surface area (Å²) >= 11 is 0. The van der Waals surface area contributed by atoms with Gasteiger partial charge in [0, 0.05) is 29.8 Å². The molecule has 2 saturated carbocycles. The Kier molecular flexibility index (Phi) is 6.88. The van der Waals surface area contributed by atoms with E-state index in [9.17, 15) is 18.0 Å². The Labute approximate surface area is 238 Å². The number of fused-ring (bicyclic) bond motifs is 1. The Balaban J connectivity index is 1.16. The van der Waals surface area contributed by atoms with Crippen molar-refractivity contribution in [3.63, 3.8) is 0 Å². The second-order valence-electron chi connectivity index (χ2n) is 11.1. The number of ether oxygens (including phenoxy) is 1. The lowest BCUT2D eigenvalue weighted by atomic mass is 10.1. The van der Waals surface area contributed by atoms with E-state index >= 15 is 0 Å². The molecule has 2 heterocycles. The van der Waals surface area contributed by atoms with Crippen molar-refractivity contribution in [2.24, 2.45) is 5.92 Å². The molecule has 3 fully saturated rings. The molecule has 3 aromatic rings. The van der Waals surface area contributed by atoms with Gasteiger partial charge in [-0.1, -0.05) is 36.4 Å². The first-order chi connectivity index (χ1) is 19.7. The van der Waals surface area contributed by atoms with Crippen LogP contribution in [-0.4, -0.2) is 60.3 Å². The number of rotatable bonds is 10. The summed E-state index contributed by atoms with van der Waals surface area (Å²) in [5.74, 6) is -1.23. The number of pyridine rings is 1. The molecule has 10 heteroatoms. The van der Waals surface area contributed by atoms with Crippen LogP contribution in [0.4, 0.5) is 0 Å². The molecule has 2 aromatic carbocycles. The number of nitriles is 1. The summed E-state index contributed by atoms with van der Waals surface area (Å²) < 4.78 is 31.3. The number of hydrogen-bond donors (Lipinski definition) is 2. The molecule has 1 aromatic heterocycles. The Hall–Kier alpha value is -4.07. The number of nitrogens with zero attached hydrogens (tertiary/aromatic N) is 2. The Morgan fingerprint density at radius 1 is 1.20 bits per heavy atom. The zero-order valence-electron chi connectivity index (χ0n) is 22.4. The molecule has 0 bridgehead atoms. The highest BCUT2D eigenvalue weighted by Crippen LogP contribution is 2.46. The fourth-order valence-electron chi connectivity index (χ4n) is 5.54. The minimum absolute atomic E-state index is 0.290. The fraction of sp³-hybridized carbons (Fsp3) is 0.355. The molecule has 0 radical (unpaired) electrons. The second kappa shape index (κ2) is 10.4. The summed E-state index contributed by atoms with van der Waals surface area (Å²) in [7, 11) is -3.50. The van der Waals surface area contributed by atoms with E-state index in [0.29, 0.717) is 49.4 Å². The highest BCUT2D eigenvalue weighted by atomic mass is 32.2. The van der Waals surface area contributed by atoms with Crippen LogP contribution in [0.3, 0.4) is 0 Å². The van der Waals surface area contributed by atoms with Gasteiger partial charge in [0.05, 0.1) is 28.6 Å². The van der Waals surface area contributed by atoms with Gasteiger partial charge in [0.2, 0.25) is 11.8 Å². The average Bonchev–Trinajstić information content (AvgIpc) is 3.90. The molecule has 4 atom stereocenters. The lowest BCUT2D eigenvalue weighted by Crippen LogP contribution is -2.52. The normalized spacial score (nSPS) is 25.3. The highest BCUT2D eigenvalue weighted by Gasteiger charge is 2.60. The molecule has 41 heavy (non-hydrogen) atoms. The largest absolute Gasteiger partial charge is 0.472 e. The third kappa shape index (κ3) is 5.35. The van der Waals surface area contributed by atoms with Crippen LogP contribution in [0.2, 0.25) is 0 Å². The monoisotopic (exact) mass is 570 g/mol. The van der Waals surface area contributed by atoms with E-state index in [0.717, 1.165) is 16.3 Å². The number of carbonyl (C=O) groups excluding carboxylic acids is 2. The van der Waals surface area contributed by atoms with Crippen LogP contribution in [0.15, 0.2) is 67.3 Å². The van der Waals surface area contributed by atoms with Gasteiger partial charge in [-0.3, -0.25) is 9.59 Å². The van der Waals surface area contributed by atoms with E-state index in [4.69, 9.17) is 15.0 Å². The maximum atomic E-state index is 13.3. The molecule has 2 aliphatic carbocycles. The van der Waals surface area contributed by atoms with Crippen molar-refractivity contribution in [2.75, 3.05) is 12.3 Å². The molecule has 1 aliphatic heterocycles. The van der Waals surface area contributed by atoms with Crippen LogP contribution in [0.5, 0.6) is 5.88 Å². The van der Waals surface area contributed by atoms with Crippen molar-refractivity contribution in [1.29, 1.82) is 5.26 Å². The third-order valence-electron chi connectivity index (χ3n) is 8.21. The van der Waals surface area contributed by atoms with Crippen molar-refractivity contribution in [2.45, 2.75) is 48.6 Å². The minimum atomic E-state index is -3.50. The Morgan fingerprint density at radius 2 is 1.95 bits per heavy atom. The number of amides is 1. The molecule has 6 rings (SSSR count). The Morgan fingerprint density at radius 3 is 2.63 bits per heavy atom. The van der Waals surface area contributed by atoms with E-state index in [1.54, 1.807) is 18.2 Å². The van der Waals surface area contributed by atoms with Gasteiger partial charge in [-0.2, -0.15) is 5.26 Å².